The Morgan fingerprint density at radius 2 is 2.10 bits per heavy atom. The molecular weight excluding hydrogens is 268 g/mol. The van der Waals surface area contributed by atoms with Crippen molar-refractivity contribution >= 4 is 11.7 Å². The summed E-state index contributed by atoms with van der Waals surface area (Å²) in [5.74, 6) is 0.122. The zero-order valence-electron chi connectivity index (χ0n) is 12.2. The van der Waals surface area contributed by atoms with E-state index < -0.39 is 5.54 Å². The molecule has 1 saturated carbocycles. The van der Waals surface area contributed by atoms with Gasteiger partial charge >= 0.3 is 0 Å². The number of carbonyl (C=O) groups is 2. The number of nitriles is 1. The summed E-state index contributed by atoms with van der Waals surface area (Å²) in [5.41, 5.74) is -0.392. The summed E-state index contributed by atoms with van der Waals surface area (Å²) in [6.45, 7) is 2.96. The summed E-state index contributed by atoms with van der Waals surface area (Å²) in [6, 6.07) is 8.94. The summed E-state index contributed by atoms with van der Waals surface area (Å²) >= 11 is 0. The number of para-hydroxylation sites is 1. The van der Waals surface area contributed by atoms with Crippen LogP contribution in [0.4, 0.5) is 0 Å². The largest absolute Gasteiger partial charge is 0.483 e. The first-order chi connectivity index (χ1) is 9.96. The van der Waals surface area contributed by atoms with Crippen LogP contribution in [0.1, 0.15) is 37.0 Å². The van der Waals surface area contributed by atoms with Gasteiger partial charge in [0.1, 0.15) is 11.3 Å². The van der Waals surface area contributed by atoms with Gasteiger partial charge in [-0.2, -0.15) is 5.26 Å². The van der Waals surface area contributed by atoms with Crippen molar-refractivity contribution in [3.05, 3.63) is 29.8 Å². The van der Waals surface area contributed by atoms with E-state index in [-0.39, 0.29) is 24.2 Å². The first-order valence-corrected chi connectivity index (χ1v) is 6.91. The topological polar surface area (TPSA) is 79.2 Å². The molecule has 5 heteroatoms. The van der Waals surface area contributed by atoms with Crippen LogP contribution >= 0.6 is 0 Å². The minimum atomic E-state index is -0.833. The Hall–Kier alpha value is -2.35. The number of hydrogen-bond donors (Lipinski definition) is 1. The molecule has 1 aromatic rings. The molecule has 0 spiro atoms. The van der Waals surface area contributed by atoms with Crippen molar-refractivity contribution in [2.75, 3.05) is 6.61 Å². The highest BCUT2D eigenvalue weighted by atomic mass is 16.5. The van der Waals surface area contributed by atoms with E-state index >= 15 is 0 Å². The van der Waals surface area contributed by atoms with Crippen LogP contribution in [-0.4, -0.2) is 23.8 Å². The van der Waals surface area contributed by atoms with Crippen molar-refractivity contribution in [2.24, 2.45) is 5.92 Å². The molecule has 110 valence electrons. The third-order valence-corrected chi connectivity index (χ3v) is 3.65. The maximum atomic E-state index is 11.9. The Labute approximate surface area is 123 Å². The lowest BCUT2D eigenvalue weighted by Crippen LogP contribution is -2.48. The van der Waals surface area contributed by atoms with Gasteiger partial charge in [0.05, 0.1) is 11.6 Å². The monoisotopic (exact) mass is 286 g/mol. The van der Waals surface area contributed by atoms with E-state index in [9.17, 15) is 14.9 Å². The molecule has 0 unspecified atom stereocenters. The van der Waals surface area contributed by atoms with E-state index in [4.69, 9.17) is 4.74 Å². The van der Waals surface area contributed by atoms with Crippen LogP contribution in [0.5, 0.6) is 5.75 Å². The quantitative estimate of drug-likeness (QED) is 0.812. The predicted octanol–water partition coefficient (Wildman–Crippen LogP) is 2.08. The number of benzene rings is 1. The molecule has 1 amide bonds. The Morgan fingerprint density at radius 3 is 2.67 bits per heavy atom. The van der Waals surface area contributed by atoms with Crippen molar-refractivity contribution in [3.8, 4) is 11.8 Å². The first kappa shape index (κ1) is 15.0. The Morgan fingerprint density at radius 1 is 1.43 bits per heavy atom. The van der Waals surface area contributed by atoms with Gasteiger partial charge < -0.3 is 10.1 Å². The fourth-order valence-corrected chi connectivity index (χ4v) is 2.23. The van der Waals surface area contributed by atoms with Crippen LogP contribution in [0.15, 0.2) is 24.3 Å². The number of nitrogens with zero attached hydrogens (tertiary/aromatic N) is 1. The molecule has 21 heavy (non-hydrogen) atoms. The lowest BCUT2D eigenvalue weighted by Gasteiger charge is -2.22. The minimum absolute atomic E-state index is 0.120. The molecule has 0 saturated heterocycles. The van der Waals surface area contributed by atoms with Crippen LogP contribution in [-0.2, 0) is 4.79 Å². The van der Waals surface area contributed by atoms with Crippen LogP contribution < -0.4 is 10.1 Å². The van der Waals surface area contributed by atoms with Crippen LogP contribution in [0.25, 0.3) is 0 Å². The van der Waals surface area contributed by atoms with Crippen molar-refractivity contribution < 1.29 is 14.3 Å². The molecule has 1 fully saturated rings. The Balaban J connectivity index is 1.96. The predicted molar refractivity (Wildman–Crippen MR) is 76.8 cm³/mol. The number of ketones is 1. The summed E-state index contributed by atoms with van der Waals surface area (Å²) < 4.78 is 5.41. The average Bonchev–Trinajstić information content (AvgIpc) is 3.30. The van der Waals surface area contributed by atoms with Gasteiger partial charge in [0.15, 0.2) is 12.4 Å². The Bertz CT molecular complexity index is 602. The van der Waals surface area contributed by atoms with Gasteiger partial charge in [-0.3, -0.25) is 9.59 Å². The highest BCUT2D eigenvalue weighted by Crippen LogP contribution is 2.39. The molecule has 2 rings (SSSR count). The van der Waals surface area contributed by atoms with Gasteiger partial charge in [-0.05, 0) is 44.7 Å². The van der Waals surface area contributed by atoms with Gasteiger partial charge in [0.25, 0.3) is 5.91 Å². The molecule has 0 aliphatic heterocycles. The molecule has 1 aliphatic rings. The highest BCUT2D eigenvalue weighted by Gasteiger charge is 2.43. The summed E-state index contributed by atoms with van der Waals surface area (Å²) in [5, 5.41) is 11.9. The normalized spacial score (nSPS) is 16.4. The lowest BCUT2D eigenvalue weighted by molar-refractivity contribution is -0.124. The highest BCUT2D eigenvalue weighted by molar-refractivity contribution is 5.96. The molecule has 0 bridgehead atoms. The van der Waals surface area contributed by atoms with Gasteiger partial charge in [-0.15, -0.1) is 0 Å². The summed E-state index contributed by atoms with van der Waals surface area (Å²) in [6.07, 6.45) is 1.91. The van der Waals surface area contributed by atoms with Gasteiger partial charge in [0.2, 0.25) is 0 Å². The summed E-state index contributed by atoms with van der Waals surface area (Å²) in [4.78, 5) is 23.4. The molecule has 1 aliphatic carbocycles. The molecule has 1 atom stereocenters. The van der Waals surface area contributed by atoms with Crippen LogP contribution in [0.3, 0.4) is 0 Å². The SMILES string of the molecule is CC(=O)c1ccccc1OCC(=O)N[C@](C)(C#N)C1CC1. The summed E-state index contributed by atoms with van der Waals surface area (Å²) in [7, 11) is 0. The van der Waals surface area contributed by atoms with Crippen LogP contribution in [0.2, 0.25) is 0 Å². The van der Waals surface area contributed by atoms with Crippen molar-refractivity contribution in [1.82, 2.24) is 5.32 Å². The molecule has 0 aromatic heterocycles. The van der Waals surface area contributed by atoms with Gasteiger partial charge in [-0.1, -0.05) is 12.1 Å². The number of rotatable bonds is 6. The van der Waals surface area contributed by atoms with Crippen LogP contribution in [0, 0.1) is 17.2 Å². The first-order valence-electron chi connectivity index (χ1n) is 6.91. The molecule has 1 aromatic carbocycles. The zero-order valence-corrected chi connectivity index (χ0v) is 12.2. The smallest absolute Gasteiger partial charge is 0.259 e. The van der Waals surface area contributed by atoms with Crippen molar-refractivity contribution in [3.63, 3.8) is 0 Å². The van der Waals surface area contributed by atoms with E-state index in [2.05, 4.69) is 11.4 Å². The fourth-order valence-electron chi connectivity index (χ4n) is 2.23. The van der Waals surface area contributed by atoms with E-state index in [1.165, 1.54) is 6.92 Å². The second-order valence-electron chi connectivity index (χ2n) is 5.48. The lowest BCUT2D eigenvalue weighted by atomic mass is 9.98. The number of ether oxygens (including phenoxy) is 1. The van der Waals surface area contributed by atoms with Gasteiger partial charge in [-0.25, -0.2) is 0 Å². The molecular formula is C16H18N2O3. The number of nitrogens with one attached hydrogen (secondary N) is 1. The Kier molecular flexibility index (Phi) is 4.27. The zero-order chi connectivity index (χ0) is 15.5. The molecule has 0 heterocycles. The van der Waals surface area contributed by atoms with Gasteiger partial charge in [0, 0.05) is 0 Å². The molecule has 5 nitrogen and oxygen atoms in total. The van der Waals surface area contributed by atoms with Crippen molar-refractivity contribution in [2.45, 2.75) is 32.2 Å². The number of amides is 1. The van der Waals surface area contributed by atoms with E-state index in [1.807, 2.05) is 0 Å². The maximum Gasteiger partial charge on any atom is 0.259 e. The third-order valence-electron chi connectivity index (χ3n) is 3.65. The second-order valence-corrected chi connectivity index (χ2v) is 5.48. The third kappa shape index (κ3) is 3.60. The second kappa shape index (κ2) is 5.96. The van der Waals surface area contributed by atoms with E-state index in [1.54, 1.807) is 31.2 Å². The molecule has 1 N–H and O–H groups in total. The molecule has 0 radical (unpaired) electrons. The van der Waals surface area contributed by atoms with E-state index in [0.717, 1.165) is 12.8 Å². The number of Topliss-reactive ketones (excluding diaryl/α,β-unsaturated/α-hetero) is 1. The number of carbonyl (C=O) groups excluding carboxylic acids is 2. The van der Waals surface area contributed by atoms with Crippen molar-refractivity contribution in [1.29, 1.82) is 5.26 Å². The minimum Gasteiger partial charge on any atom is -0.483 e. The van der Waals surface area contributed by atoms with E-state index in [0.29, 0.717) is 11.3 Å². The standard InChI is InChI=1S/C16H18N2O3/c1-11(19)13-5-3-4-6-14(13)21-9-15(20)18-16(2,10-17)12-7-8-12/h3-6,12H,7-9H2,1-2H3,(H,18,20)/t16-/m1/s1. The maximum absolute atomic E-state index is 11.9. The number of hydrogen-bond acceptors (Lipinski definition) is 4. The average molecular weight is 286 g/mol. The fraction of sp³-hybridized carbons (Fsp3) is 0.438.